The van der Waals surface area contributed by atoms with Crippen molar-refractivity contribution in [2.45, 2.75) is 12.1 Å². The van der Waals surface area contributed by atoms with Crippen LogP contribution in [0.1, 0.15) is 5.56 Å². The van der Waals surface area contributed by atoms with E-state index < -0.39 is 0 Å². The van der Waals surface area contributed by atoms with Gasteiger partial charge in [-0.3, -0.25) is 9.36 Å². The number of nitrogens with zero attached hydrogens (tertiary/aromatic N) is 3. The molecule has 1 N–H and O–H groups in total. The minimum atomic E-state index is -0.158. The summed E-state index contributed by atoms with van der Waals surface area (Å²) in [5, 5.41) is 13.4. The Hall–Kier alpha value is -2.80. The molecule has 0 fully saturated rings. The number of aryl methyl sites for hydroxylation is 1. The Bertz CT molecular complexity index is 1230. The van der Waals surface area contributed by atoms with E-state index in [-0.39, 0.29) is 11.7 Å². The smallest absolute Gasteiger partial charge is 0.234 e. The maximum Gasteiger partial charge on any atom is 0.234 e. The largest absolute Gasteiger partial charge is 0.325 e. The number of halogens is 2. The van der Waals surface area contributed by atoms with Gasteiger partial charge < -0.3 is 5.32 Å². The van der Waals surface area contributed by atoms with Gasteiger partial charge >= 0.3 is 0 Å². The van der Waals surface area contributed by atoms with Crippen LogP contribution in [0.2, 0.25) is 10.0 Å². The average molecular weight is 469 g/mol. The van der Waals surface area contributed by atoms with Crippen LogP contribution < -0.4 is 5.32 Å². The number of carbonyl (C=O) groups is 1. The predicted molar refractivity (Wildman–Crippen MR) is 127 cm³/mol. The minimum Gasteiger partial charge on any atom is -0.325 e. The van der Waals surface area contributed by atoms with E-state index in [9.17, 15) is 4.79 Å². The second kappa shape index (κ2) is 9.56. The molecule has 1 aromatic heterocycles. The van der Waals surface area contributed by atoms with Crippen molar-refractivity contribution in [1.29, 1.82) is 0 Å². The molecule has 5 nitrogen and oxygen atoms in total. The normalized spacial score (nSPS) is 10.8. The maximum absolute atomic E-state index is 12.5. The zero-order valence-corrected chi connectivity index (χ0v) is 18.9. The Balaban J connectivity index is 1.61. The maximum atomic E-state index is 12.5. The van der Waals surface area contributed by atoms with Crippen LogP contribution in [0, 0.1) is 6.92 Å². The van der Waals surface area contributed by atoms with Gasteiger partial charge in [-0.05, 0) is 48.9 Å². The van der Waals surface area contributed by atoms with Crippen LogP contribution in [0.5, 0.6) is 0 Å². The minimum absolute atomic E-state index is 0.158. The number of anilines is 1. The first-order chi connectivity index (χ1) is 15.0. The molecule has 31 heavy (non-hydrogen) atoms. The van der Waals surface area contributed by atoms with Crippen molar-refractivity contribution in [3.05, 3.63) is 88.4 Å². The number of carbonyl (C=O) groups excluding carboxylic acids is 1. The average Bonchev–Trinajstić information content (AvgIpc) is 3.19. The van der Waals surface area contributed by atoms with Gasteiger partial charge in [-0.2, -0.15) is 0 Å². The molecular weight excluding hydrogens is 451 g/mol. The first-order valence-electron chi connectivity index (χ1n) is 9.47. The lowest BCUT2D eigenvalue weighted by Gasteiger charge is -2.11. The monoisotopic (exact) mass is 468 g/mol. The SMILES string of the molecule is Cc1ccc(-c2nnc(SCC(=O)Nc3cccc(Cl)c3)n2-c2ccccc2)cc1Cl. The lowest BCUT2D eigenvalue weighted by Crippen LogP contribution is -2.14. The number of aromatic nitrogens is 3. The van der Waals surface area contributed by atoms with Gasteiger partial charge in [0.25, 0.3) is 0 Å². The van der Waals surface area contributed by atoms with Crippen LogP contribution in [0.15, 0.2) is 78.0 Å². The molecule has 1 heterocycles. The third kappa shape index (κ3) is 5.10. The second-order valence-corrected chi connectivity index (χ2v) is 8.57. The van der Waals surface area contributed by atoms with E-state index in [1.165, 1.54) is 11.8 Å². The van der Waals surface area contributed by atoms with Gasteiger partial charge in [-0.25, -0.2) is 0 Å². The van der Waals surface area contributed by atoms with Crippen LogP contribution in [0.3, 0.4) is 0 Å². The summed E-state index contributed by atoms with van der Waals surface area (Å²) in [7, 11) is 0. The highest BCUT2D eigenvalue weighted by molar-refractivity contribution is 7.99. The fourth-order valence-electron chi connectivity index (χ4n) is 2.99. The molecule has 8 heteroatoms. The highest BCUT2D eigenvalue weighted by atomic mass is 35.5. The van der Waals surface area contributed by atoms with Crippen molar-refractivity contribution in [3.63, 3.8) is 0 Å². The van der Waals surface area contributed by atoms with Crippen LogP contribution in [0.25, 0.3) is 17.1 Å². The first kappa shape index (κ1) is 21.4. The summed E-state index contributed by atoms with van der Waals surface area (Å²) in [6.07, 6.45) is 0. The fraction of sp³-hybridized carbons (Fsp3) is 0.0870. The predicted octanol–water partition coefficient (Wildman–Crippen LogP) is 6.28. The molecule has 0 atom stereocenters. The zero-order valence-electron chi connectivity index (χ0n) is 16.5. The Labute approximate surface area is 194 Å². The van der Waals surface area contributed by atoms with Crippen LogP contribution in [-0.4, -0.2) is 26.4 Å². The van der Waals surface area contributed by atoms with Gasteiger partial charge in [-0.15, -0.1) is 10.2 Å². The lowest BCUT2D eigenvalue weighted by molar-refractivity contribution is -0.113. The molecule has 0 aliphatic heterocycles. The molecule has 0 aliphatic carbocycles. The number of thioether (sulfide) groups is 1. The Morgan fingerprint density at radius 1 is 1.00 bits per heavy atom. The molecule has 3 aromatic carbocycles. The highest BCUT2D eigenvalue weighted by Gasteiger charge is 2.18. The van der Waals surface area contributed by atoms with Crippen molar-refractivity contribution < 1.29 is 4.79 Å². The molecule has 0 saturated heterocycles. The molecule has 0 aliphatic rings. The lowest BCUT2D eigenvalue weighted by atomic mass is 10.1. The summed E-state index contributed by atoms with van der Waals surface area (Å²) in [6, 6.07) is 22.6. The van der Waals surface area contributed by atoms with E-state index in [1.54, 1.807) is 24.3 Å². The highest BCUT2D eigenvalue weighted by Crippen LogP contribution is 2.30. The van der Waals surface area contributed by atoms with Gasteiger partial charge in [0.15, 0.2) is 11.0 Å². The van der Waals surface area contributed by atoms with Crippen LogP contribution in [-0.2, 0) is 4.79 Å². The quantitative estimate of drug-likeness (QED) is 0.338. The third-order valence-corrected chi connectivity index (χ3v) is 6.09. The van der Waals surface area contributed by atoms with E-state index in [4.69, 9.17) is 23.2 Å². The number of hydrogen-bond acceptors (Lipinski definition) is 4. The second-order valence-electron chi connectivity index (χ2n) is 6.79. The standard InChI is InChI=1S/C23H18Cl2N4OS/c1-15-10-11-16(12-20(15)25)22-27-28-23(29(22)19-8-3-2-4-9-19)31-14-21(30)26-18-7-5-6-17(24)13-18/h2-13H,14H2,1H3,(H,26,30). The molecule has 0 saturated carbocycles. The molecule has 0 spiro atoms. The van der Waals surface area contributed by atoms with Gasteiger partial charge in [0.1, 0.15) is 0 Å². The van der Waals surface area contributed by atoms with Crippen molar-refractivity contribution >= 4 is 46.6 Å². The number of hydrogen-bond donors (Lipinski definition) is 1. The number of rotatable bonds is 6. The third-order valence-electron chi connectivity index (χ3n) is 4.52. The van der Waals surface area contributed by atoms with Gasteiger partial charge in [0, 0.05) is 27.0 Å². The van der Waals surface area contributed by atoms with Gasteiger partial charge in [-0.1, -0.05) is 71.4 Å². The fourth-order valence-corrected chi connectivity index (χ4v) is 4.11. The number of benzene rings is 3. The summed E-state index contributed by atoms with van der Waals surface area (Å²) in [5.74, 6) is 0.673. The Morgan fingerprint density at radius 2 is 1.81 bits per heavy atom. The molecule has 0 bridgehead atoms. The van der Waals surface area contributed by atoms with E-state index in [0.29, 0.717) is 26.7 Å². The van der Waals surface area contributed by atoms with E-state index >= 15 is 0 Å². The molecule has 156 valence electrons. The Morgan fingerprint density at radius 3 is 2.55 bits per heavy atom. The van der Waals surface area contributed by atoms with Crippen LogP contribution in [0.4, 0.5) is 5.69 Å². The molecule has 4 rings (SSSR count). The molecular formula is C23H18Cl2N4OS. The van der Waals surface area contributed by atoms with E-state index in [1.807, 2.05) is 60.0 Å². The van der Waals surface area contributed by atoms with Crippen molar-refractivity contribution in [3.8, 4) is 17.1 Å². The van der Waals surface area contributed by atoms with Crippen molar-refractivity contribution in [1.82, 2.24) is 14.8 Å². The summed E-state index contributed by atoms with van der Waals surface area (Å²) in [5.41, 5.74) is 3.39. The number of nitrogens with one attached hydrogen (secondary N) is 1. The summed E-state index contributed by atoms with van der Waals surface area (Å²) >= 11 is 13.6. The summed E-state index contributed by atoms with van der Waals surface area (Å²) in [4.78, 5) is 12.5. The van der Waals surface area contributed by atoms with E-state index in [2.05, 4.69) is 15.5 Å². The summed E-state index contributed by atoms with van der Waals surface area (Å²) in [6.45, 7) is 1.95. The molecule has 1 amide bonds. The van der Waals surface area contributed by atoms with Crippen molar-refractivity contribution in [2.24, 2.45) is 0 Å². The topological polar surface area (TPSA) is 59.8 Å². The molecule has 4 aromatic rings. The number of para-hydroxylation sites is 1. The van der Waals surface area contributed by atoms with Crippen LogP contribution >= 0.6 is 35.0 Å². The summed E-state index contributed by atoms with van der Waals surface area (Å²) < 4.78 is 1.93. The van der Waals surface area contributed by atoms with Gasteiger partial charge in [0.2, 0.25) is 5.91 Å². The van der Waals surface area contributed by atoms with Gasteiger partial charge in [0.05, 0.1) is 5.75 Å². The Kier molecular flexibility index (Phi) is 6.61. The first-order valence-corrected chi connectivity index (χ1v) is 11.2. The molecule has 0 unspecified atom stereocenters. The zero-order chi connectivity index (χ0) is 21.8. The van der Waals surface area contributed by atoms with E-state index in [0.717, 1.165) is 16.8 Å². The van der Waals surface area contributed by atoms with Crippen molar-refractivity contribution in [2.75, 3.05) is 11.1 Å². The molecule has 0 radical (unpaired) electrons. The number of amides is 1.